The zero-order valence-electron chi connectivity index (χ0n) is 16.8. The molecule has 0 radical (unpaired) electrons. The Bertz CT molecular complexity index is 844. The molecule has 5 nitrogen and oxygen atoms in total. The summed E-state index contributed by atoms with van der Waals surface area (Å²) in [4.78, 5) is 24.7. The van der Waals surface area contributed by atoms with Crippen molar-refractivity contribution in [1.82, 2.24) is 5.32 Å². The van der Waals surface area contributed by atoms with E-state index in [1.54, 1.807) is 30.3 Å². The maximum Gasteiger partial charge on any atom is 0.253 e. The number of hydrogen-bond donors (Lipinski definition) is 2. The van der Waals surface area contributed by atoms with Gasteiger partial charge in [-0.2, -0.15) is 0 Å². The molecule has 0 saturated heterocycles. The lowest BCUT2D eigenvalue weighted by atomic mass is 10.1. The second kappa shape index (κ2) is 9.60. The van der Waals surface area contributed by atoms with E-state index in [0.29, 0.717) is 35.7 Å². The minimum Gasteiger partial charge on any atom is -0.493 e. The summed E-state index contributed by atoms with van der Waals surface area (Å²) in [5.74, 6) is 0.381. The molecule has 2 aromatic carbocycles. The van der Waals surface area contributed by atoms with E-state index in [1.807, 2.05) is 39.8 Å². The molecule has 2 rings (SSSR count). The van der Waals surface area contributed by atoms with Crippen LogP contribution in [0.15, 0.2) is 42.5 Å². The van der Waals surface area contributed by atoms with Crippen molar-refractivity contribution in [2.24, 2.45) is 0 Å². The van der Waals surface area contributed by atoms with Gasteiger partial charge in [0.2, 0.25) is 5.91 Å². The molecule has 0 fully saturated rings. The fourth-order valence-electron chi connectivity index (χ4n) is 2.60. The first-order valence-corrected chi connectivity index (χ1v) is 9.64. The largest absolute Gasteiger partial charge is 0.493 e. The second-order valence-electron chi connectivity index (χ2n) is 7.66. The van der Waals surface area contributed by atoms with Crippen LogP contribution < -0.4 is 15.4 Å². The first kappa shape index (κ1) is 21.8. The number of halogens is 1. The molecule has 0 aliphatic rings. The molecule has 0 heterocycles. The van der Waals surface area contributed by atoms with Gasteiger partial charge in [0.15, 0.2) is 0 Å². The summed E-state index contributed by atoms with van der Waals surface area (Å²) in [6.45, 7) is 8.08. The van der Waals surface area contributed by atoms with Gasteiger partial charge in [0, 0.05) is 17.0 Å². The summed E-state index contributed by atoms with van der Waals surface area (Å²) < 4.78 is 5.71. The molecule has 0 unspecified atom stereocenters. The van der Waals surface area contributed by atoms with Crippen molar-refractivity contribution in [2.75, 3.05) is 11.9 Å². The molecule has 0 spiro atoms. The van der Waals surface area contributed by atoms with Crippen molar-refractivity contribution in [2.45, 2.75) is 46.1 Å². The van der Waals surface area contributed by atoms with E-state index in [1.165, 1.54) is 0 Å². The van der Waals surface area contributed by atoms with E-state index in [-0.39, 0.29) is 17.4 Å². The summed E-state index contributed by atoms with van der Waals surface area (Å²) in [5.41, 5.74) is 1.55. The minimum absolute atomic E-state index is 0.160. The number of ether oxygens (including phenoxy) is 1. The Balaban J connectivity index is 1.87. The molecule has 2 aromatic rings. The highest BCUT2D eigenvalue weighted by atomic mass is 35.5. The van der Waals surface area contributed by atoms with Gasteiger partial charge in [-0.3, -0.25) is 9.59 Å². The Hall–Kier alpha value is -2.53. The molecule has 0 atom stereocenters. The highest BCUT2D eigenvalue weighted by Crippen LogP contribution is 2.22. The summed E-state index contributed by atoms with van der Waals surface area (Å²) >= 11 is 5.93. The maximum absolute atomic E-state index is 12.4. The van der Waals surface area contributed by atoms with Gasteiger partial charge in [-0.1, -0.05) is 23.7 Å². The van der Waals surface area contributed by atoms with E-state index >= 15 is 0 Å². The van der Waals surface area contributed by atoms with Crippen molar-refractivity contribution >= 4 is 29.1 Å². The molecule has 2 amide bonds. The lowest BCUT2D eigenvalue weighted by Gasteiger charge is -2.21. The lowest BCUT2D eigenvalue weighted by molar-refractivity contribution is -0.116. The van der Waals surface area contributed by atoms with Gasteiger partial charge in [0.05, 0.1) is 17.9 Å². The topological polar surface area (TPSA) is 67.4 Å². The predicted molar refractivity (Wildman–Crippen MR) is 113 cm³/mol. The Labute approximate surface area is 171 Å². The monoisotopic (exact) mass is 402 g/mol. The number of carbonyl (C=O) groups is 2. The zero-order chi connectivity index (χ0) is 20.7. The molecule has 0 saturated carbocycles. The Morgan fingerprint density at radius 3 is 2.50 bits per heavy atom. The molecule has 150 valence electrons. The van der Waals surface area contributed by atoms with Crippen LogP contribution in [0.4, 0.5) is 5.69 Å². The normalized spacial score (nSPS) is 11.0. The summed E-state index contributed by atoms with van der Waals surface area (Å²) in [7, 11) is 0. The standard InChI is InChI=1S/C22H27ClN2O3/c1-15-14-16(23)11-12-19(15)28-13-7-10-20(26)24-18-9-6-5-8-17(18)21(27)25-22(2,3)4/h5-6,8-9,11-12,14H,7,10,13H2,1-4H3,(H,24,26)(H,25,27). The molecule has 0 aliphatic carbocycles. The third-order valence-electron chi connectivity index (χ3n) is 3.88. The van der Waals surface area contributed by atoms with Crippen LogP contribution >= 0.6 is 11.6 Å². The summed E-state index contributed by atoms with van der Waals surface area (Å²) in [6.07, 6.45) is 0.853. The van der Waals surface area contributed by atoms with Gasteiger partial charge in [0.25, 0.3) is 5.91 Å². The number of para-hydroxylation sites is 1. The smallest absolute Gasteiger partial charge is 0.253 e. The Morgan fingerprint density at radius 2 is 1.82 bits per heavy atom. The highest BCUT2D eigenvalue weighted by Gasteiger charge is 2.18. The fraction of sp³-hybridized carbons (Fsp3) is 0.364. The average molecular weight is 403 g/mol. The van der Waals surface area contributed by atoms with Crippen molar-refractivity contribution in [3.63, 3.8) is 0 Å². The van der Waals surface area contributed by atoms with E-state index < -0.39 is 0 Å². The van der Waals surface area contributed by atoms with Crippen LogP contribution in [0.1, 0.15) is 49.5 Å². The van der Waals surface area contributed by atoms with E-state index in [2.05, 4.69) is 10.6 Å². The molecular weight excluding hydrogens is 376 g/mol. The van der Waals surface area contributed by atoms with Gasteiger partial charge in [-0.15, -0.1) is 0 Å². The number of hydrogen-bond acceptors (Lipinski definition) is 3. The average Bonchev–Trinajstić information content (AvgIpc) is 2.59. The van der Waals surface area contributed by atoms with Gasteiger partial charge in [0.1, 0.15) is 5.75 Å². The Kier molecular flexibility index (Phi) is 7.46. The summed E-state index contributed by atoms with van der Waals surface area (Å²) in [6, 6.07) is 12.4. The predicted octanol–water partition coefficient (Wildman–Crippen LogP) is 4.97. The number of benzene rings is 2. The number of anilines is 1. The van der Waals surface area contributed by atoms with Gasteiger partial charge < -0.3 is 15.4 Å². The molecule has 28 heavy (non-hydrogen) atoms. The lowest BCUT2D eigenvalue weighted by Crippen LogP contribution is -2.40. The van der Waals surface area contributed by atoms with E-state index in [4.69, 9.17) is 16.3 Å². The number of amides is 2. The Morgan fingerprint density at radius 1 is 1.11 bits per heavy atom. The third kappa shape index (κ3) is 6.89. The van der Waals surface area contributed by atoms with Gasteiger partial charge >= 0.3 is 0 Å². The van der Waals surface area contributed by atoms with Crippen LogP contribution in [0.25, 0.3) is 0 Å². The minimum atomic E-state index is -0.356. The molecule has 0 aromatic heterocycles. The third-order valence-corrected chi connectivity index (χ3v) is 4.11. The first-order valence-electron chi connectivity index (χ1n) is 9.26. The number of rotatable bonds is 7. The van der Waals surface area contributed by atoms with Crippen molar-refractivity contribution in [3.05, 3.63) is 58.6 Å². The van der Waals surface area contributed by atoms with Crippen LogP contribution in [0.5, 0.6) is 5.75 Å². The van der Waals surface area contributed by atoms with Crippen LogP contribution in [-0.4, -0.2) is 24.0 Å². The fourth-order valence-corrected chi connectivity index (χ4v) is 2.83. The second-order valence-corrected chi connectivity index (χ2v) is 8.10. The molecular formula is C22H27ClN2O3. The molecule has 0 bridgehead atoms. The van der Waals surface area contributed by atoms with Crippen LogP contribution in [0, 0.1) is 6.92 Å². The number of nitrogens with one attached hydrogen (secondary N) is 2. The van der Waals surface area contributed by atoms with Crippen molar-refractivity contribution < 1.29 is 14.3 Å². The van der Waals surface area contributed by atoms with Crippen molar-refractivity contribution in [3.8, 4) is 5.75 Å². The first-order chi connectivity index (χ1) is 13.2. The molecule has 2 N–H and O–H groups in total. The zero-order valence-corrected chi connectivity index (χ0v) is 17.5. The van der Waals surface area contributed by atoms with Crippen LogP contribution in [0.2, 0.25) is 5.02 Å². The van der Waals surface area contributed by atoms with Crippen molar-refractivity contribution in [1.29, 1.82) is 0 Å². The highest BCUT2D eigenvalue weighted by molar-refractivity contribution is 6.30. The number of aryl methyl sites for hydroxylation is 1. The van der Waals surface area contributed by atoms with Gasteiger partial charge in [-0.05, 0) is 70.0 Å². The molecule has 0 aliphatic heterocycles. The molecule has 6 heteroatoms. The number of carbonyl (C=O) groups excluding carboxylic acids is 2. The maximum atomic E-state index is 12.4. The van der Waals surface area contributed by atoms with Crippen LogP contribution in [0.3, 0.4) is 0 Å². The SMILES string of the molecule is Cc1cc(Cl)ccc1OCCCC(=O)Nc1ccccc1C(=O)NC(C)(C)C. The van der Waals surface area contributed by atoms with Gasteiger partial charge in [-0.25, -0.2) is 0 Å². The van der Waals surface area contributed by atoms with E-state index in [0.717, 1.165) is 11.3 Å². The van der Waals surface area contributed by atoms with Crippen LogP contribution in [-0.2, 0) is 4.79 Å². The summed E-state index contributed by atoms with van der Waals surface area (Å²) in [5, 5.41) is 6.40. The quantitative estimate of drug-likeness (QED) is 0.642. The van der Waals surface area contributed by atoms with E-state index in [9.17, 15) is 9.59 Å².